The van der Waals surface area contributed by atoms with Crippen molar-refractivity contribution in [2.45, 2.75) is 39.7 Å². The normalized spacial score (nSPS) is 17.2. The van der Waals surface area contributed by atoms with Crippen LogP contribution in [0.1, 0.15) is 30.9 Å². The summed E-state index contributed by atoms with van der Waals surface area (Å²) < 4.78 is 1.24. The number of hydrogen-bond acceptors (Lipinski definition) is 2. The summed E-state index contributed by atoms with van der Waals surface area (Å²) in [5, 5.41) is 3.55. The van der Waals surface area contributed by atoms with Crippen LogP contribution in [0.3, 0.4) is 0 Å². The van der Waals surface area contributed by atoms with E-state index in [4.69, 9.17) is 0 Å². The minimum Gasteiger partial charge on any atom is -0.371 e. The molecular weight excluding hydrogens is 288 g/mol. The van der Waals surface area contributed by atoms with Gasteiger partial charge in [0.05, 0.1) is 0 Å². The zero-order valence-electron chi connectivity index (χ0n) is 11.6. The number of benzene rings is 1. The van der Waals surface area contributed by atoms with E-state index in [9.17, 15) is 0 Å². The lowest BCUT2D eigenvalue weighted by molar-refractivity contribution is 0.424. The van der Waals surface area contributed by atoms with E-state index in [1.807, 2.05) is 0 Å². The van der Waals surface area contributed by atoms with Crippen LogP contribution in [0.15, 0.2) is 16.6 Å². The molecule has 0 amide bonds. The standard InChI is InChI=1S/C15H23BrN2/c1-4-17-13-5-7-18(8-6-13)14-9-11(2)15(16)12(3)10-14/h9-10,13,17H,4-8H2,1-3H3. The van der Waals surface area contributed by atoms with Crippen molar-refractivity contribution in [3.8, 4) is 0 Å². The molecule has 1 aromatic rings. The van der Waals surface area contributed by atoms with E-state index in [2.05, 4.69) is 59.1 Å². The summed E-state index contributed by atoms with van der Waals surface area (Å²) in [6, 6.07) is 5.30. The van der Waals surface area contributed by atoms with Gasteiger partial charge in [0.15, 0.2) is 0 Å². The Labute approximate surface area is 119 Å². The lowest BCUT2D eigenvalue weighted by atomic mass is 10.0. The Morgan fingerprint density at radius 1 is 1.22 bits per heavy atom. The second-order valence-corrected chi connectivity index (χ2v) is 6.01. The Morgan fingerprint density at radius 3 is 2.28 bits per heavy atom. The van der Waals surface area contributed by atoms with E-state index < -0.39 is 0 Å². The molecule has 0 unspecified atom stereocenters. The molecule has 0 saturated carbocycles. The van der Waals surface area contributed by atoms with E-state index in [1.54, 1.807) is 0 Å². The van der Waals surface area contributed by atoms with Crippen molar-refractivity contribution in [3.05, 3.63) is 27.7 Å². The van der Waals surface area contributed by atoms with E-state index in [0.717, 1.165) is 19.6 Å². The van der Waals surface area contributed by atoms with Crippen LogP contribution in [0.5, 0.6) is 0 Å². The average Bonchev–Trinajstić information content (AvgIpc) is 2.37. The highest BCUT2D eigenvalue weighted by molar-refractivity contribution is 9.10. The molecule has 0 spiro atoms. The predicted molar refractivity (Wildman–Crippen MR) is 82.5 cm³/mol. The van der Waals surface area contributed by atoms with Crippen molar-refractivity contribution in [1.82, 2.24) is 5.32 Å². The molecule has 0 bridgehead atoms. The molecule has 0 aliphatic carbocycles. The molecule has 1 fully saturated rings. The number of nitrogens with one attached hydrogen (secondary N) is 1. The molecule has 2 nitrogen and oxygen atoms in total. The number of halogens is 1. The third-order valence-electron chi connectivity index (χ3n) is 3.77. The Bertz CT molecular complexity index is 386. The van der Waals surface area contributed by atoms with Crippen LogP contribution in [0.2, 0.25) is 0 Å². The van der Waals surface area contributed by atoms with Crippen LogP contribution >= 0.6 is 15.9 Å². The van der Waals surface area contributed by atoms with Gasteiger partial charge in [0, 0.05) is 29.3 Å². The molecule has 100 valence electrons. The van der Waals surface area contributed by atoms with Crippen LogP contribution in [-0.2, 0) is 0 Å². The molecule has 1 aliphatic rings. The minimum atomic E-state index is 0.712. The van der Waals surface area contributed by atoms with Gasteiger partial charge in [-0.25, -0.2) is 0 Å². The SMILES string of the molecule is CCNC1CCN(c2cc(C)c(Br)c(C)c2)CC1. The summed E-state index contributed by atoms with van der Waals surface area (Å²) in [6.45, 7) is 9.95. The van der Waals surface area contributed by atoms with E-state index >= 15 is 0 Å². The molecule has 2 rings (SSSR count). The number of piperidine rings is 1. The fraction of sp³-hybridized carbons (Fsp3) is 0.600. The molecule has 1 saturated heterocycles. The van der Waals surface area contributed by atoms with Crippen molar-refractivity contribution in [3.63, 3.8) is 0 Å². The quantitative estimate of drug-likeness (QED) is 0.917. The molecule has 0 atom stereocenters. The van der Waals surface area contributed by atoms with Crippen molar-refractivity contribution in [2.75, 3.05) is 24.5 Å². The highest BCUT2D eigenvalue weighted by Gasteiger charge is 2.19. The van der Waals surface area contributed by atoms with Crippen LogP contribution in [0, 0.1) is 13.8 Å². The number of nitrogens with zero attached hydrogens (tertiary/aromatic N) is 1. The molecule has 0 radical (unpaired) electrons. The topological polar surface area (TPSA) is 15.3 Å². The first-order valence-corrected chi connectivity index (χ1v) is 7.66. The molecule has 1 N–H and O–H groups in total. The summed E-state index contributed by atoms with van der Waals surface area (Å²) in [5.74, 6) is 0. The highest BCUT2D eigenvalue weighted by Crippen LogP contribution is 2.28. The van der Waals surface area contributed by atoms with Gasteiger partial charge in [-0.05, 0) is 56.5 Å². The van der Waals surface area contributed by atoms with Gasteiger partial charge in [0.1, 0.15) is 0 Å². The summed E-state index contributed by atoms with van der Waals surface area (Å²) in [4.78, 5) is 2.51. The van der Waals surface area contributed by atoms with Gasteiger partial charge < -0.3 is 10.2 Å². The van der Waals surface area contributed by atoms with Crippen LogP contribution in [-0.4, -0.2) is 25.7 Å². The van der Waals surface area contributed by atoms with Crippen LogP contribution < -0.4 is 10.2 Å². The van der Waals surface area contributed by atoms with Crippen LogP contribution in [0.25, 0.3) is 0 Å². The second kappa shape index (κ2) is 6.07. The summed E-state index contributed by atoms with van der Waals surface area (Å²) in [5.41, 5.74) is 4.04. The maximum absolute atomic E-state index is 3.64. The first-order valence-electron chi connectivity index (χ1n) is 6.87. The molecule has 1 heterocycles. The molecular formula is C15H23BrN2. The number of anilines is 1. The number of hydrogen-bond donors (Lipinski definition) is 1. The Kier molecular flexibility index (Phi) is 4.68. The van der Waals surface area contributed by atoms with Crippen molar-refractivity contribution in [2.24, 2.45) is 0 Å². The largest absolute Gasteiger partial charge is 0.371 e. The zero-order valence-corrected chi connectivity index (χ0v) is 13.2. The lowest BCUT2D eigenvalue weighted by Crippen LogP contribution is -2.42. The number of aryl methyl sites for hydroxylation is 2. The van der Waals surface area contributed by atoms with E-state index in [0.29, 0.717) is 6.04 Å². The Hall–Kier alpha value is -0.540. The third-order valence-corrected chi connectivity index (χ3v) is 5.02. The number of rotatable bonds is 3. The molecule has 0 aromatic heterocycles. The van der Waals surface area contributed by atoms with Crippen molar-refractivity contribution in [1.29, 1.82) is 0 Å². The monoisotopic (exact) mass is 310 g/mol. The smallest absolute Gasteiger partial charge is 0.0372 e. The second-order valence-electron chi connectivity index (χ2n) is 5.21. The fourth-order valence-corrected chi connectivity index (χ4v) is 2.97. The Balaban J connectivity index is 2.05. The first-order chi connectivity index (χ1) is 8.61. The van der Waals surface area contributed by atoms with Gasteiger partial charge in [-0.1, -0.05) is 22.9 Å². The molecule has 1 aromatic carbocycles. The summed E-state index contributed by atoms with van der Waals surface area (Å²) >= 11 is 3.64. The lowest BCUT2D eigenvalue weighted by Gasteiger charge is -2.34. The zero-order chi connectivity index (χ0) is 13.1. The van der Waals surface area contributed by atoms with Gasteiger partial charge in [0.25, 0.3) is 0 Å². The van der Waals surface area contributed by atoms with Crippen LogP contribution in [0.4, 0.5) is 5.69 Å². The minimum absolute atomic E-state index is 0.712. The Morgan fingerprint density at radius 2 is 1.78 bits per heavy atom. The first kappa shape index (κ1) is 13.9. The molecule has 3 heteroatoms. The summed E-state index contributed by atoms with van der Waals surface area (Å²) in [6.07, 6.45) is 2.50. The van der Waals surface area contributed by atoms with Gasteiger partial charge in [-0.3, -0.25) is 0 Å². The van der Waals surface area contributed by atoms with Crippen molar-refractivity contribution >= 4 is 21.6 Å². The van der Waals surface area contributed by atoms with E-state index in [-0.39, 0.29) is 0 Å². The molecule has 1 aliphatic heterocycles. The predicted octanol–water partition coefficient (Wildman–Crippen LogP) is 3.64. The maximum Gasteiger partial charge on any atom is 0.0372 e. The highest BCUT2D eigenvalue weighted by atomic mass is 79.9. The third kappa shape index (κ3) is 3.07. The average molecular weight is 311 g/mol. The van der Waals surface area contributed by atoms with Gasteiger partial charge in [-0.15, -0.1) is 0 Å². The van der Waals surface area contributed by atoms with E-state index in [1.165, 1.54) is 34.1 Å². The fourth-order valence-electron chi connectivity index (χ4n) is 2.74. The van der Waals surface area contributed by atoms with Crippen molar-refractivity contribution < 1.29 is 0 Å². The van der Waals surface area contributed by atoms with Gasteiger partial charge >= 0.3 is 0 Å². The van der Waals surface area contributed by atoms with Gasteiger partial charge in [0.2, 0.25) is 0 Å². The summed E-state index contributed by atoms with van der Waals surface area (Å²) in [7, 11) is 0. The van der Waals surface area contributed by atoms with Gasteiger partial charge in [-0.2, -0.15) is 0 Å². The molecule has 18 heavy (non-hydrogen) atoms. The maximum atomic E-state index is 3.64.